The zero-order chi connectivity index (χ0) is 24.6. The minimum atomic E-state index is -0.437. The van der Waals surface area contributed by atoms with Crippen LogP contribution < -0.4 is 10.6 Å². The summed E-state index contributed by atoms with van der Waals surface area (Å²) >= 11 is 1.20. The maximum atomic E-state index is 13.3. The lowest BCUT2D eigenvalue weighted by Crippen LogP contribution is -2.38. The highest BCUT2D eigenvalue weighted by Gasteiger charge is 2.34. The Balaban J connectivity index is 1.64. The smallest absolute Gasteiger partial charge is 0.276 e. The number of amides is 3. The van der Waals surface area contributed by atoms with Gasteiger partial charge in [-0.2, -0.15) is 10.1 Å². The topological polar surface area (TPSA) is 129 Å². The molecule has 1 fully saturated rings. The van der Waals surface area contributed by atoms with E-state index in [2.05, 4.69) is 20.7 Å². The summed E-state index contributed by atoms with van der Waals surface area (Å²) in [6.07, 6.45) is 1.60. The summed E-state index contributed by atoms with van der Waals surface area (Å²) in [5.41, 5.74) is 1.37. The van der Waals surface area contributed by atoms with E-state index in [4.69, 9.17) is 0 Å². The number of carbonyl (C=O) groups excluding carboxylic acids is 3. The third-order valence-electron chi connectivity index (χ3n) is 5.60. The lowest BCUT2D eigenvalue weighted by Gasteiger charge is -2.22. The summed E-state index contributed by atoms with van der Waals surface area (Å²) < 4.78 is 2.30. The maximum absolute atomic E-state index is 13.3. The molecule has 0 bridgehead atoms. The lowest BCUT2D eigenvalue weighted by molar-refractivity contribution is -0.114. The normalized spacial score (nSPS) is 16.1. The first kappa shape index (κ1) is 23.8. The number of aliphatic hydroxyl groups is 1. The summed E-state index contributed by atoms with van der Waals surface area (Å²) in [5.74, 6) is -0.780. The second kappa shape index (κ2) is 9.15. The fourth-order valence-electron chi connectivity index (χ4n) is 3.97. The Morgan fingerprint density at radius 1 is 1.18 bits per heavy atom. The number of hydrogen-bond acceptors (Lipinski definition) is 7. The SMILES string of the molecule is CC(=O)Nc1ccc(C(=O)Nc2nc3c(s2)c(C(=O)N2CCC[C@H]2CO)nn3C(C)(C)C)cc1. The number of rotatable bonds is 5. The first-order chi connectivity index (χ1) is 16.1. The van der Waals surface area contributed by atoms with Crippen molar-refractivity contribution in [1.82, 2.24) is 19.7 Å². The number of thiazole rings is 1. The lowest BCUT2D eigenvalue weighted by atomic mass is 10.1. The van der Waals surface area contributed by atoms with Gasteiger partial charge in [-0.25, -0.2) is 4.68 Å². The van der Waals surface area contributed by atoms with Gasteiger partial charge in [0.15, 0.2) is 16.5 Å². The molecule has 3 heterocycles. The average molecular weight is 485 g/mol. The average Bonchev–Trinajstić information content (AvgIpc) is 3.47. The van der Waals surface area contributed by atoms with Gasteiger partial charge in [0.1, 0.15) is 4.70 Å². The van der Waals surface area contributed by atoms with Crippen molar-refractivity contribution >= 4 is 50.2 Å². The Morgan fingerprint density at radius 3 is 2.50 bits per heavy atom. The molecule has 34 heavy (non-hydrogen) atoms. The second-order valence-electron chi connectivity index (χ2n) is 9.29. The van der Waals surface area contributed by atoms with E-state index in [1.54, 1.807) is 33.8 Å². The number of carbonyl (C=O) groups is 3. The van der Waals surface area contributed by atoms with Crippen LogP contribution in [0.25, 0.3) is 10.3 Å². The number of likely N-dealkylation sites (tertiary alicyclic amines) is 1. The molecule has 0 spiro atoms. The first-order valence-corrected chi connectivity index (χ1v) is 11.9. The molecule has 1 saturated heterocycles. The van der Waals surface area contributed by atoms with Gasteiger partial charge in [-0.3, -0.25) is 19.7 Å². The molecule has 1 aliphatic rings. The monoisotopic (exact) mass is 484 g/mol. The molecule has 1 aromatic carbocycles. The highest BCUT2D eigenvalue weighted by atomic mass is 32.1. The van der Waals surface area contributed by atoms with Gasteiger partial charge >= 0.3 is 0 Å². The van der Waals surface area contributed by atoms with E-state index in [9.17, 15) is 19.5 Å². The molecule has 4 rings (SSSR count). The van der Waals surface area contributed by atoms with Crippen molar-refractivity contribution in [3.63, 3.8) is 0 Å². The number of aliphatic hydroxyl groups excluding tert-OH is 1. The van der Waals surface area contributed by atoms with Crippen LogP contribution in [-0.2, 0) is 10.3 Å². The van der Waals surface area contributed by atoms with E-state index in [0.717, 1.165) is 12.8 Å². The number of aromatic nitrogens is 3. The third-order valence-corrected chi connectivity index (χ3v) is 6.57. The number of nitrogens with one attached hydrogen (secondary N) is 2. The van der Waals surface area contributed by atoms with E-state index >= 15 is 0 Å². The third kappa shape index (κ3) is 4.66. The summed E-state index contributed by atoms with van der Waals surface area (Å²) in [6.45, 7) is 7.81. The second-order valence-corrected chi connectivity index (χ2v) is 10.3. The number of hydrogen-bond donors (Lipinski definition) is 3. The van der Waals surface area contributed by atoms with Gasteiger partial charge in [0.25, 0.3) is 11.8 Å². The molecule has 0 unspecified atom stereocenters. The Morgan fingerprint density at radius 2 is 1.88 bits per heavy atom. The van der Waals surface area contributed by atoms with Gasteiger partial charge in [-0.15, -0.1) is 0 Å². The van der Waals surface area contributed by atoms with Crippen LogP contribution in [-0.4, -0.2) is 61.7 Å². The van der Waals surface area contributed by atoms with Crippen LogP contribution in [0.5, 0.6) is 0 Å². The van der Waals surface area contributed by atoms with Crippen LogP contribution in [0, 0.1) is 0 Å². The van der Waals surface area contributed by atoms with E-state index in [1.807, 2.05) is 20.8 Å². The molecule has 0 radical (unpaired) electrons. The fourth-order valence-corrected chi connectivity index (χ4v) is 4.89. The standard InChI is InChI=1S/C23H28N6O4S/c1-13(31)24-15-9-7-14(8-10-15)20(32)26-22-25-19-18(34-22)17(27-29(19)23(2,3)4)21(33)28-11-5-6-16(28)12-30/h7-10,16,30H,5-6,11-12H2,1-4H3,(H,24,31)(H,25,26,32)/t16-/m0/s1. The molecule has 0 aliphatic carbocycles. The number of anilines is 2. The van der Waals surface area contributed by atoms with E-state index in [-0.39, 0.29) is 36.1 Å². The van der Waals surface area contributed by atoms with Crippen molar-refractivity contribution in [3.05, 3.63) is 35.5 Å². The Labute approximate surface area is 201 Å². The van der Waals surface area contributed by atoms with Crippen LogP contribution in [0.1, 0.15) is 61.4 Å². The molecule has 3 amide bonds. The predicted molar refractivity (Wildman–Crippen MR) is 130 cm³/mol. The minimum absolute atomic E-state index is 0.0837. The van der Waals surface area contributed by atoms with Crippen LogP contribution >= 0.6 is 11.3 Å². The minimum Gasteiger partial charge on any atom is -0.394 e. The quantitative estimate of drug-likeness (QED) is 0.510. The van der Waals surface area contributed by atoms with Crippen molar-refractivity contribution in [2.75, 3.05) is 23.8 Å². The molecule has 180 valence electrons. The van der Waals surface area contributed by atoms with Gasteiger partial charge in [-0.05, 0) is 57.9 Å². The van der Waals surface area contributed by atoms with Gasteiger partial charge < -0.3 is 15.3 Å². The molecule has 3 N–H and O–H groups in total. The molecule has 1 aliphatic heterocycles. The molecule has 10 nitrogen and oxygen atoms in total. The summed E-state index contributed by atoms with van der Waals surface area (Å²) in [6, 6.07) is 6.31. The maximum Gasteiger partial charge on any atom is 0.276 e. The number of fused-ring (bicyclic) bond motifs is 1. The van der Waals surface area contributed by atoms with Gasteiger partial charge in [0, 0.05) is 24.7 Å². The van der Waals surface area contributed by atoms with E-state index < -0.39 is 5.54 Å². The van der Waals surface area contributed by atoms with E-state index in [1.165, 1.54) is 18.3 Å². The van der Waals surface area contributed by atoms with Crippen molar-refractivity contribution in [1.29, 1.82) is 0 Å². The molecule has 11 heteroatoms. The van der Waals surface area contributed by atoms with Crippen molar-refractivity contribution in [2.24, 2.45) is 0 Å². The summed E-state index contributed by atoms with van der Waals surface area (Å²) in [5, 5.41) is 20.1. The summed E-state index contributed by atoms with van der Waals surface area (Å²) in [7, 11) is 0. The van der Waals surface area contributed by atoms with Crippen LogP contribution in [0.4, 0.5) is 10.8 Å². The van der Waals surface area contributed by atoms with Gasteiger partial charge in [-0.1, -0.05) is 11.3 Å². The number of benzene rings is 1. The summed E-state index contributed by atoms with van der Waals surface area (Å²) in [4.78, 5) is 43.5. The Kier molecular flexibility index (Phi) is 6.41. The Hall–Kier alpha value is -3.31. The van der Waals surface area contributed by atoms with Crippen molar-refractivity contribution in [2.45, 2.75) is 52.1 Å². The first-order valence-electron chi connectivity index (χ1n) is 11.1. The molecular formula is C23H28N6O4S. The largest absolute Gasteiger partial charge is 0.394 e. The predicted octanol–water partition coefficient (Wildman–Crippen LogP) is 3.06. The zero-order valence-electron chi connectivity index (χ0n) is 19.6. The molecule has 0 saturated carbocycles. The van der Waals surface area contributed by atoms with E-state index in [0.29, 0.717) is 33.3 Å². The molecular weight excluding hydrogens is 456 g/mol. The van der Waals surface area contributed by atoms with Gasteiger partial charge in [0.2, 0.25) is 5.91 Å². The highest BCUT2D eigenvalue weighted by molar-refractivity contribution is 7.22. The van der Waals surface area contributed by atoms with Crippen LogP contribution in [0.2, 0.25) is 0 Å². The van der Waals surface area contributed by atoms with Crippen molar-refractivity contribution < 1.29 is 19.5 Å². The van der Waals surface area contributed by atoms with Gasteiger partial charge in [0.05, 0.1) is 18.2 Å². The zero-order valence-corrected chi connectivity index (χ0v) is 20.4. The van der Waals surface area contributed by atoms with Crippen LogP contribution in [0.3, 0.4) is 0 Å². The number of nitrogens with zero attached hydrogens (tertiary/aromatic N) is 4. The van der Waals surface area contributed by atoms with Crippen molar-refractivity contribution in [3.8, 4) is 0 Å². The van der Waals surface area contributed by atoms with Crippen LogP contribution in [0.15, 0.2) is 24.3 Å². The molecule has 2 aromatic heterocycles. The fraction of sp³-hybridized carbons (Fsp3) is 0.435. The molecule has 3 aromatic rings. The molecule has 1 atom stereocenters. The Bertz CT molecular complexity index is 1240. The highest BCUT2D eigenvalue weighted by Crippen LogP contribution is 2.34.